The van der Waals surface area contributed by atoms with E-state index in [9.17, 15) is 14.0 Å². The first-order valence-electron chi connectivity index (χ1n) is 9.97. The van der Waals surface area contributed by atoms with Gasteiger partial charge in [0, 0.05) is 6.54 Å². The van der Waals surface area contributed by atoms with Gasteiger partial charge in [0.2, 0.25) is 5.91 Å². The van der Waals surface area contributed by atoms with E-state index >= 15 is 0 Å². The standard InChI is InChI=1S/C23H22FN5O2/c1-16-2-4-18(5-3-16)14-28-15-26-22-20(23(28)31)13-27-29(22)11-10-25-21(30)12-17-6-8-19(24)9-7-17/h2-9,13,15H,10-12,14H2,1H3,(H,25,30). The van der Waals surface area contributed by atoms with Gasteiger partial charge in [0.05, 0.1) is 25.7 Å². The van der Waals surface area contributed by atoms with Crippen LogP contribution in [0.2, 0.25) is 0 Å². The van der Waals surface area contributed by atoms with Gasteiger partial charge in [-0.25, -0.2) is 14.1 Å². The van der Waals surface area contributed by atoms with Gasteiger partial charge in [-0.15, -0.1) is 0 Å². The zero-order valence-electron chi connectivity index (χ0n) is 17.1. The number of rotatable bonds is 7. The molecule has 1 amide bonds. The largest absolute Gasteiger partial charge is 0.354 e. The number of aromatic nitrogens is 4. The van der Waals surface area contributed by atoms with Crippen LogP contribution in [0.25, 0.3) is 11.0 Å². The number of aryl methyl sites for hydroxylation is 1. The number of hydrogen-bond acceptors (Lipinski definition) is 4. The smallest absolute Gasteiger partial charge is 0.264 e. The molecule has 0 radical (unpaired) electrons. The Morgan fingerprint density at radius 1 is 1.06 bits per heavy atom. The molecule has 0 unspecified atom stereocenters. The van der Waals surface area contributed by atoms with E-state index in [4.69, 9.17) is 0 Å². The number of carbonyl (C=O) groups is 1. The van der Waals surface area contributed by atoms with Crippen LogP contribution in [0.3, 0.4) is 0 Å². The first kappa shape index (κ1) is 20.5. The third-order valence-corrected chi connectivity index (χ3v) is 5.02. The second-order valence-corrected chi connectivity index (χ2v) is 7.42. The van der Waals surface area contributed by atoms with E-state index in [2.05, 4.69) is 15.4 Å². The highest BCUT2D eigenvalue weighted by molar-refractivity contribution is 5.78. The molecule has 0 saturated heterocycles. The van der Waals surface area contributed by atoms with Gasteiger partial charge in [-0.2, -0.15) is 5.10 Å². The predicted molar refractivity (Wildman–Crippen MR) is 115 cm³/mol. The average molecular weight is 419 g/mol. The van der Waals surface area contributed by atoms with Gasteiger partial charge < -0.3 is 5.32 Å². The van der Waals surface area contributed by atoms with Crippen molar-refractivity contribution in [2.75, 3.05) is 6.54 Å². The summed E-state index contributed by atoms with van der Waals surface area (Å²) in [5.74, 6) is -0.503. The van der Waals surface area contributed by atoms with E-state index in [1.807, 2.05) is 31.2 Å². The Kier molecular flexibility index (Phi) is 5.88. The molecule has 0 spiro atoms. The molecule has 0 atom stereocenters. The Morgan fingerprint density at radius 2 is 1.77 bits per heavy atom. The zero-order chi connectivity index (χ0) is 21.8. The first-order chi connectivity index (χ1) is 15.0. The minimum absolute atomic E-state index is 0.155. The van der Waals surface area contributed by atoms with Crippen LogP contribution in [0.1, 0.15) is 16.7 Å². The van der Waals surface area contributed by atoms with Crippen LogP contribution >= 0.6 is 0 Å². The fourth-order valence-electron chi connectivity index (χ4n) is 3.32. The number of benzene rings is 2. The lowest BCUT2D eigenvalue weighted by molar-refractivity contribution is -0.120. The SMILES string of the molecule is Cc1ccc(Cn2cnc3c(cnn3CCNC(=O)Cc3ccc(F)cc3)c2=O)cc1. The summed E-state index contributed by atoms with van der Waals surface area (Å²) in [6, 6.07) is 13.8. The second kappa shape index (κ2) is 8.91. The van der Waals surface area contributed by atoms with E-state index in [0.717, 1.165) is 16.7 Å². The van der Waals surface area contributed by atoms with Crippen LogP contribution < -0.4 is 10.9 Å². The van der Waals surface area contributed by atoms with Crippen LogP contribution in [0.5, 0.6) is 0 Å². The molecule has 4 rings (SSSR count). The summed E-state index contributed by atoms with van der Waals surface area (Å²) in [5, 5.41) is 7.50. The molecule has 7 nitrogen and oxygen atoms in total. The number of hydrogen-bond donors (Lipinski definition) is 1. The van der Waals surface area contributed by atoms with Gasteiger partial charge in [-0.05, 0) is 30.2 Å². The van der Waals surface area contributed by atoms with Gasteiger partial charge >= 0.3 is 0 Å². The summed E-state index contributed by atoms with van der Waals surface area (Å²) >= 11 is 0. The van der Waals surface area contributed by atoms with Gasteiger partial charge in [0.25, 0.3) is 5.56 Å². The quantitative estimate of drug-likeness (QED) is 0.499. The molecule has 4 aromatic rings. The Bertz CT molecular complexity index is 1260. The normalized spacial score (nSPS) is 11.0. The monoisotopic (exact) mass is 419 g/mol. The molecule has 0 aliphatic rings. The maximum atomic E-state index is 12.9. The van der Waals surface area contributed by atoms with Gasteiger partial charge in [0.1, 0.15) is 17.5 Å². The van der Waals surface area contributed by atoms with E-state index in [0.29, 0.717) is 30.7 Å². The topological polar surface area (TPSA) is 81.8 Å². The summed E-state index contributed by atoms with van der Waals surface area (Å²) < 4.78 is 16.1. The fourth-order valence-corrected chi connectivity index (χ4v) is 3.32. The molecule has 8 heteroatoms. The van der Waals surface area contributed by atoms with Crippen LogP contribution in [-0.2, 0) is 24.3 Å². The van der Waals surface area contributed by atoms with Crippen molar-refractivity contribution in [3.63, 3.8) is 0 Å². The molecule has 31 heavy (non-hydrogen) atoms. The van der Waals surface area contributed by atoms with Gasteiger partial charge in [-0.3, -0.25) is 14.2 Å². The van der Waals surface area contributed by atoms with Crippen molar-refractivity contribution in [2.24, 2.45) is 0 Å². The summed E-state index contributed by atoms with van der Waals surface area (Å²) in [6.07, 6.45) is 3.20. The first-order valence-corrected chi connectivity index (χ1v) is 9.97. The van der Waals surface area contributed by atoms with E-state index in [1.165, 1.54) is 24.7 Å². The molecular weight excluding hydrogens is 397 g/mol. The molecule has 2 heterocycles. The van der Waals surface area contributed by atoms with Gasteiger partial charge in [-0.1, -0.05) is 42.0 Å². The number of halogens is 1. The number of nitrogens with one attached hydrogen (secondary N) is 1. The van der Waals surface area contributed by atoms with Crippen molar-refractivity contribution < 1.29 is 9.18 Å². The number of fused-ring (bicyclic) bond motifs is 1. The van der Waals surface area contributed by atoms with E-state index in [-0.39, 0.29) is 23.7 Å². The lowest BCUT2D eigenvalue weighted by Crippen LogP contribution is -2.29. The maximum Gasteiger partial charge on any atom is 0.264 e. The highest BCUT2D eigenvalue weighted by Gasteiger charge is 2.11. The zero-order valence-corrected chi connectivity index (χ0v) is 17.1. The van der Waals surface area contributed by atoms with Crippen LogP contribution in [0.4, 0.5) is 4.39 Å². The average Bonchev–Trinajstić information content (AvgIpc) is 3.17. The Labute approximate surface area is 178 Å². The number of amides is 1. The fraction of sp³-hybridized carbons (Fsp3) is 0.217. The minimum Gasteiger partial charge on any atom is -0.354 e. The Morgan fingerprint density at radius 3 is 2.52 bits per heavy atom. The molecule has 1 N–H and O–H groups in total. The van der Waals surface area contributed by atoms with Crippen molar-refractivity contribution in [3.05, 3.63) is 93.9 Å². The van der Waals surface area contributed by atoms with E-state index in [1.54, 1.807) is 21.4 Å². The minimum atomic E-state index is -0.333. The molecule has 0 saturated carbocycles. The molecular formula is C23H22FN5O2. The highest BCUT2D eigenvalue weighted by Crippen LogP contribution is 2.08. The van der Waals surface area contributed by atoms with Crippen molar-refractivity contribution in [1.82, 2.24) is 24.6 Å². The van der Waals surface area contributed by atoms with Crippen LogP contribution in [0, 0.1) is 12.7 Å². The molecule has 0 aliphatic carbocycles. The number of carbonyl (C=O) groups excluding carboxylic acids is 1. The van der Waals surface area contributed by atoms with Crippen molar-refractivity contribution >= 4 is 16.9 Å². The highest BCUT2D eigenvalue weighted by atomic mass is 19.1. The van der Waals surface area contributed by atoms with Gasteiger partial charge in [0.15, 0.2) is 5.65 Å². The third-order valence-electron chi connectivity index (χ3n) is 5.02. The Hall–Kier alpha value is -3.81. The number of nitrogens with zero attached hydrogens (tertiary/aromatic N) is 4. The molecule has 2 aromatic heterocycles. The van der Waals surface area contributed by atoms with Crippen LogP contribution in [0.15, 0.2) is 65.8 Å². The van der Waals surface area contributed by atoms with Crippen molar-refractivity contribution in [3.8, 4) is 0 Å². The van der Waals surface area contributed by atoms with Crippen molar-refractivity contribution in [1.29, 1.82) is 0 Å². The summed E-state index contributed by atoms with van der Waals surface area (Å²) in [6.45, 7) is 3.17. The summed E-state index contributed by atoms with van der Waals surface area (Å²) in [7, 11) is 0. The molecule has 0 fully saturated rings. The summed E-state index contributed by atoms with van der Waals surface area (Å²) in [4.78, 5) is 29.3. The molecule has 0 aliphatic heterocycles. The molecule has 0 bridgehead atoms. The third kappa shape index (κ3) is 4.85. The molecule has 158 valence electrons. The van der Waals surface area contributed by atoms with Crippen molar-refractivity contribution in [2.45, 2.75) is 26.4 Å². The predicted octanol–water partition coefficient (Wildman–Crippen LogP) is 2.45. The van der Waals surface area contributed by atoms with Crippen LogP contribution in [-0.4, -0.2) is 31.8 Å². The lowest BCUT2D eigenvalue weighted by Gasteiger charge is -2.08. The Balaban J connectivity index is 1.39. The van der Waals surface area contributed by atoms with E-state index < -0.39 is 0 Å². The second-order valence-electron chi connectivity index (χ2n) is 7.42. The summed E-state index contributed by atoms with van der Waals surface area (Å²) in [5.41, 5.74) is 3.25. The molecule has 2 aromatic carbocycles. The lowest BCUT2D eigenvalue weighted by atomic mass is 10.1. The maximum absolute atomic E-state index is 12.9.